The molecule has 0 saturated heterocycles. The summed E-state index contributed by atoms with van der Waals surface area (Å²) in [5, 5.41) is 0. The predicted molar refractivity (Wildman–Crippen MR) is 71.8 cm³/mol. The lowest BCUT2D eigenvalue weighted by Gasteiger charge is -2.09. The van der Waals surface area contributed by atoms with Crippen LogP contribution in [0.5, 0.6) is 0 Å². The molecule has 92 valence electrons. The van der Waals surface area contributed by atoms with Gasteiger partial charge in [-0.05, 0) is 17.9 Å². The monoisotopic (exact) mass is 233 g/mol. The summed E-state index contributed by atoms with van der Waals surface area (Å²) in [6, 6.07) is 10.3. The molecule has 5 heteroatoms. The molecule has 0 aliphatic carbocycles. The van der Waals surface area contributed by atoms with Crippen LogP contribution in [0, 0.1) is 0 Å². The molecule has 17 heavy (non-hydrogen) atoms. The highest BCUT2D eigenvalue weighted by Crippen LogP contribution is 2.17. The molecule has 0 fully saturated rings. The van der Waals surface area contributed by atoms with E-state index < -0.39 is 0 Å². The maximum Gasteiger partial charge on any atom is 0.218 e. The van der Waals surface area contributed by atoms with Gasteiger partial charge < -0.3 is 17.2 Å². The van der Waals surface area contributed by atoms with Crippen molar-refractivity contribution < 1.29 is 0 Å². The number of benzene rings is 1. The summed E-state index contributed by atoms with van der Waals surface area (Å²) >= 11 is 0. The second-order valence-corrected chi connectivity index (χ2v) is 3.88. The Kier molecular flexibility index (Phi) is 5.00. The Balaban J connectivity index is 2.44. The molecule has 0 bridgehead atoms. The zero-order valence-corrected chi connectivity index (χ0v) is 10.0. The molecule has 0 aromatic heterocycles. The highest BCUT2D eigenvalue weighted by molar-refractivity contribution is 5.92. The van der Waals surface area contributed by atoms with Gasteiger partial charge in [0.2, 0.25) is 5.96 Å². The molecule has 5 nitrogen and oxygen atoms in total. The summed E-state index contributed by atoms with van der Waals surface area (Å²) < 4.78 is 0. The van der Waals surface area contributed by atoms with Crippen molar-refractivity contribution >= 4 is 11.9 Å². The van der Waals surface area contributed by atoms with Gasteiger partial charge in [-0.2, -0.15) is 4.99 Å². The van der Waals surface area contributed by atoms with E-state index in [1.165, 1.54) is 5.56 Å². The third-order valence-electron chi connectivity index (χ3n) is 2.45. The van der Waals surface area contributed by atoms with Crippen LogP contribution in [0.25, 0.3) is 0 Å². The third-order valence-corrected chi connectivity index (χ3v) is 2.45. The van der Waals surface area contributed by atoms with Gasteiger partial charge in [-0.25, -0.2) is 0 Å². The van der Waals surface area contributed by atoms with E-state index in [1.807, 2.05) is 18.2 Å². The van der Waals surface area contributed by atoms with Crippen LogP contribution in [0.3, 0.4) is 0 Å². The summed E-state index contributed by atoms with van der Waals surface area (Å²) in [6.07, 6.45) is 0.907. The smallest absolute Gasteiger partial charge is 0.218 e. The zero-order chi connectivity index (χ0) is 12.7. The van der Waals surface area contributed by atoms with Gasteiger partial charge in [-0.1, -0.05) is 37.3 Å². The molecule has 1 aromatic carbocycles. The molecule has 0 saturated carbocycles. The number of hydrogen-bond acceptors (Lipinski definition) is 1. The average Bonchev–Trinajstić information content (AvgIpc) is 2.29. The SMILES string of the molecule is CC(CCN=C(N)N=C(N)N)c1ccccc1. The molecule has 0 heterocycles. The van der Waals surface area contributed by atoms with Crippen molar-refractivity contribution in [2.24, 2.45) is 27.2 Å². The molecule has 0 aliphatic heterocycles. The first-order chi connectivity index (χ1) is 8.09. The zero-order valence-electron chi connectivity index (χ0n) is 10.0. The second kappa shape index (κ2) is 6.52. The highest BCUT2D eigenvalue weighted by atomic mass is 15.1. The van der Waals surface area contributed by atoms with Crippen LogP contribution in [0.1, 0.15) is 24.8 Å². The molecular weight excluding hydrogens is 214 g/mol. The first kappa shape index (κ1) is 13.0. The maximum absolute atomic E-state index is 5.50. The molecule has 1 atom stereocenters. The van der Waals surface area contributed by atoms with Gasteiger partial charge in [0.1, 0.15) is 0 Å². The van der Waals surface area contributed by atoms with E-state index in [4.69, 9.17) is 17.2 Å². The Morgan fingerprint density at radius 2 is 1.82 bits per heavy atom. The van der Waals surface area contributed by atoms with E-state index in [2.05, 4.69) is 29.0 Å². The molecule has 1 aromatic rings. The molecule has 0 amide bonds. The van der Waals surface area contributed by atoms with Crippen molar-refractivity contribution in [1.29, 1.82) is 0 Å². The standard InChI is InChI=1S/C12H19N5/c1-9(10-5-3-2-4-6-10)7-8-16-12(15)17-11(13)14/h2-6,9H,7-8H2,1H3,(H6,13,14,15,16,17). The van der Waals surface area contributed by atoms with Gasteiger partial charge in [-0.3, -0.25) is 4.99 Å². The van der Waals surface area contributed by atoms with Crippen molar-refractivity contribution in [1.82, 2.24) is 0 Å². The van der Waals surface area contributed by atoms with E-state index in [1.54, 1.807) is 0 Å². The van der Waals surface area contributed by atoms with Crippen molar-refractivity contribution in [3.63, 3.8) is 0 Å². The van der Waals surface area contributed by atoms with E-state index >= 15 is 0 Å². The van der Waals surface area contributed by atoms with Crippen molar-refractivity contribution in [2.75, 3.05) is 6.54 Å². The Morgan fingerprint density at radius 3 is 2.41 bits per heavy atom. The Bertz CT molecular complexity index is 393. The number of nitrogens with two attached hydrogens (primary N) is 3. The molecule has 6 N–H and O–H groups in total. The molecule has 1 unspecified atom stereocenters. The number of guanidine groups is 2. The minimum atomic E-state index is -0.0673. The molecule has 0 radical (unpaired) electrons. The highest BCUT2D eigenvalue weighted by Gasteiger charge is 2.03. The fourth-order valence-corrected chi connectivity index (χ4v) is 1.49. The minimum Gasteiger partial charge on any atom is -0.370 e. The fourth-order valence-electron chi connectivity index (χ4n) is 1.49. The predicted octanol–water partition coefficient (Wildman–Crippen LogP) is 0.768. The van der Waals surface area contributed by atoms with Crippen LogP contribution in [0.15, 0.2) is 40.3 Å². The lowest BCUT2D eigenvalue weighted by molar-refractivity contribution is 0.690. The van der Waals surface area contributed by atoms with Crippen LogP contribution < -0.4 is 17.2 Å². The number of hydrogen-bond donors (Lipinski definition) is 3. The largest absolute Gasteiger partial charge is 0.370 e. The van der Waals surface area contributed by atoms with Gasteiger partial charge in [0.25, 0.3) is 0 Å². The lowest BCUT2D eigenvalue weighted by Crippen LogP contribution is -2.26. The van der Waals surface area contributed by atoms with Gasteiger partial charge in [0, 0.05) is 6.54 Å². The van der Waals surface area contributed by atoms with Gasteiger partial charge in [-0.15, -0.1) is 0 Å². The molecule has 0 aliphatic rings. The summed E-state index contributed by atoms with van der Waals surface area (Å²) in [4.78, 5) is 7.72. The van der Waals surface area contributed by atoms with Crippen LogP contribution in [-0.2, 0) is 0 Å². The fraction of sp³-hybridized carbons (Fsp3) is 0.333. The molecular formula is C12H19N5. The first-order valence-electron chi connectivity index (χ1n) is 5.54. The Labute approximate surface area is 101 Å². The van der Waals surface area contributed by atoms with E-state index in [0.29, 0.717) is 12.5 Å². The maximum atomic E-state index is 5.50. The lowest BCUT2D eigenvalue weighted by atomic mass is 9.98. The van der Waals surface area contributed by atoms with Gasteiger partial charge >= 0.3 is 0 Å². The van der Waals surface area contributed by atoms with Crippen molar-refractivity contribution in [3.8, 4) is 0 Å². The Hall–Kier alpha value is -2.04. The van der Waals surface area contributed by atoms with Crippen LogP contribution in [0.4, 0.5) is 0 Å². The number of nitrogens with zero attached hydrogens (tertiary/aromatic N) is 2. The Morgan fingerprint density at radius 1 is 1.18 bits per heavy atom. The third kappa shape index (κ3) is 5.01. The van der Waals surface area contributed by atoms with E-state index in [0.717, 1.165) is 6.42 Å². The minimum absolute atomic E-state index is 0.0673. The quantitative estimate of drug-likeness (QED) is 0.528. The normalized spacial score (nSPS) is 13.1. The molecule has 0 spiro atoms. The van der Waals surface area contributed by atoms with Crippen molar-refractivity contribution in [2.45, 2.75) is 19.3 Å². The number of aliphatic imine (C=N–C) groups is 2. The van der Waals surface area contributed by atoms with Crippen LogP contribution >= 0.6 is 0 Å². The summed E-state index contributed by atoms with van der Waals surface area (Å²) in [6.45, 7) is 2.76. The topological polar surface area (TPSA) is 103 Å². The second-order valence-electron chi connectivity index (χ2n) is 3.88. The molecule has 1 rings (SSSR count). The summed E-state index contributed by atoms with van der Waals surface area (Å²) in [7, 11) is 0. The number of rotatable bonds is 4. The van der Waals surface area contributed by atoms with Crippen LogP contribution in [0.2, 0.25) is 0 Å². The van der Waals surface area contributed by atoms with Gasteiger partial charge in [0.05, 0.1) is 0 Å². The van der Waals surface area contributed by atoms with Crippen molar-refractivity contribution in [3.05, 3.63) is 35.9 Å². The van der Waals surface area contributed by atoms with E-state index in [-0.39, 0.29) is 11.9 Å². The summed E-state index contributed by atoms with van der Waals surface area (Å²) in [5.74, 6) is 0.500. The van der Waals surface area contributed by atoms with E-state index in [9.17, 15) is 0 Å². The van der Waals surface area contributed by atoms with Crippen LogP contribution in [-0.4, -0.2) is 18.5 Å². The summed E-state index contributed by atoms with van der Waals surface area (Å²) in [5.41, 5.74) is 17.2. The van der Waals surface area contributed by atoms with Gasteiger partial charge in [0.15, 0.2) is 5.96 Å². The first-order valence-corrected chi connectivity index (χ1v) is 5.54. The average molecular weight is 233 g/mol.